The number of hydrogen-bond acceptors (Lipinski definition) is 1. The quantitative estimate of drug-likeness (QED) is 0.276. The fourth-order valence-electron chi connectivity index (χ4n) is 4.56. The fourth-order valence-corrected chi connectivity index (χ4v) is 4.56. The van der Waals surface area contributed by atoms with Gasteiger partial charge in [0, 0.05) is 5.56 Å². The van der Waals surface area contributed by atoms with Gasteiger partial charge in [0.1, 0.15) is 5.82 Å². The molecular formula is C33H35FO. The van der Waals surface area contributed by atoms with Crippen molar-refractivity contribution in [3.8, 4) is 11.1 Å². The summed E-state index contributed by atoms with van der Waals surface area (Å²) in [4.78, 5) is 11.7. The number of benzene rings is 4. The van der Waals surface area contributed by atoms with Crippen LogP contribution in [0.1, 0.15) is 53.4 Å². The van der Waals surface area contributed by atoms with Crippen LogP contribution in [0.3, 0.4) is 0 Å². The van der Waals surface area contributed by atoms with Gasteiger partial charge in [0.05, 0.1) is 0 Å². The van der Waals surface area contributed by atoms with Crippen LogP contribution in [-0.2, 0) is 19.3 Å². The molecule has 5 rings (SSSR count). The average molecular weight is 467 g/mol. The van der Waals surface area contributed by atoms with Crippen molar-refractivity contribution in [2.75, 3.05) is 0 Å². The van der Waals surface area contributed by atoms with Gasteiger partial charge in [-0.2, -0.15) is 0 Å². The molecule has 0 fully saturated rings. The highest BCUT2D eigenvalue weighted by Crippen LogP contribution is 2.26. The molecule has 0 saturated carbocycles. The SMILES string of the molecule is CC(=O)c1c(C)cccc1-c1ccccc1.CC1Cc2ccccc2C1.CCc1ccccc1F. The fraction of sp³-hybridized carbons (Fsp3) is 0.242. The van der Waals surface area contributed by atoms with E-state index in [1.165, 1.54) is 18.9 Å². The number of Topliss-reactive ketones (excluding diaryl/α,β-unsaturated/α-hetero) is 1. The summed E-state index contributed by atoms with van der Waals surface area (Å²) < 4.78 is 12.6. The van der Waals surface area contributed by atoms with E-state index in [0.29, 0.717) is 0 Å². The first-order valence-electron chi connectivity index (χ1n) is 12.4. The van der Waals surface area contributed by atoms with Crippen LogP contribution in [0.5, 0.6) is 0 Å². The first-order chi connectivity index (χ1) is 16.9. The number of halogens is 1. The Hall–Kier alpha value is -3.52. The van der Waals surface area contributed by atoms with Crippen LogP contribution in [0.2, 0.25) is 0 Å². The van der Waals surface area contributed by atoms with Gasteiger partial charge >= 0.3 is 0 Å². The molecule has 0 saturated heterocycles. The molecule has 0 radical (unpaired) electrons. The average Bonchev–Trinajstić information content (AvgIpc) is 3.25. The molecule has 0 N–H and O–H groups in total. The molecule has 0 bridgehead atoms. The lowest BCUT2D eigenvalue weighted by molar-refractivity contribution is 0.101. The third-order valence-electron chi connectivity index (χ3n) is 6.30. The second kappa shape index (κ2) is 12.8. The zero-order valence-electron chi connectivity index (χ0n) is 21.2. The molecule has 1 nitrogen and oxygen atoms in total. The number of rotatable bonds is 3. The van der Waals surface area contributed by atoms with E-state index in [9.17, 15) is 9.18 Å². The van der Waals surface area contributed by atoms with E-state index in [2.05, 4.69) is 31.2 Å². The molecule has 0 amide bonds. The second-order valence-corrected chi connectivity index (χ2v) is 9.15. The van der Waals surface area contributed by atoms with Gasteiger partial charge in [0.25, 0.3) is 0 Å². The van der Waals surface area contributed by atoms with Gasteiger partial charge in [-0.1, -0.05) is 105 Å². The smallest absolute Gasteiger partial charge is 0.160 e. The highest BCUT2D eigenvalue weighted by molar-refractivity contribution is 6.02. The van der Waals surface area contributed by atoms with E-state index < -0.39 is 0 Å². The number of fused-ring (bicyclic) bond motifs is 1. The molecule has 0 aromatic heterocycles. The van der Waals surface area contributed by atoms with Crippen LogP contribution >= 0.6 is 0 Å². The molecular weight excluding hydrogens is 431 g/mol. The summed E-state index contributed by atoms with van der Waals surface area (Å²) in [5.41, 5.74) is 7.90. The Balaban J connectivity index is 0.000000155. The third-order valence-corrected chi connectivity index (χ3v) is 6.30. The summed E-state index contributed by atoms with van der Waals surface area (Å²) in [5.74, 6) is 0.898. The summed E-state index contributed by atoms with van der Waals surface area (Å²) in [5, 5.41) is 0. The molecule has 0 spiro atoms. The van der Waals surface area contributed by atoms with Crippen molar-refractivity contribution in [1.82, 2.24) is 0 Å². The van der Waals surface area contributed by atoms with Gasteiger partial charge in [0.2, 0.25) is 0 Å². The largest absolute Gasteiger partial charge is 0.294 e. The molecule has 2 heteroatoms. The molecule has 0 aliphatic heterocycles. The summed E-state index contributed by atoms with van der Waals surface area (Å²) in [6.07, 6.45) is 3.35. The minimum atomic E-state index is -0.0972. The zero-order chi connectivity index (χ0) is 25.2. The molecule has 1 aliphatic rings. The number of carbonyl (C=O) groups excluding carboxylic acids is 1. The number of aryl methyl sites for hydroxylation is 2. The Labute approximate surface area is 209 Å². The van der Waals surface area contributed by atoms with Crippen LogP contribution in [0.4, 0.5) is 4.39 Å². The van der Waals surface area contributed by atoms with Crippen LogP contribution < -0.4 is 0 Å². The van der Waals surface area contributed by atoms with Crippen molar-refractivity contribution in [3.63, 3.8) is 0 Å². The molecule has 35 heavy (non-hydrogen) atoms. The Kier molecular flexibility index (Phi) is 9.55. The molecule has 0 unspecified atom stereocenters. The third kappa shape index (κ3) is 7.23. The van der Waals surface area contributed by atoms with Crippen molar-refractivity contribution in [1.29, 1.82) is 0 Å². The molecule has 4 aromatic rings. The monoisotopic (exact) mass is 466 g/mol. The first kappa shape index (κ1) is 26.1. The predicted molar refractivity (Wildman–Crippen MR) is 145 cm³/mol. The van der Waals surface area contributed by atoms with Crippen LogP contribution in [0.15, 0.2) is 97.1 Å². The second-order valence-electron chi connectivity index (χ2n) is 9.15. The summed E-state index contributed by atoms with van der Waals surface area (Å²) in [7, 11) is 0. The summed E-state index contributed by atoms with van der Waals surface area (Å²) in [6, 6.07) is 31.6. The maximum atomic E-state index is 12.6. The lowest BCUT2D eigenvalue weighted by Crippen LogP contribution is -1.99. The zero-order valence-corrected chi connectivity index (χ0v) is 21.2. The molecule has 0 atom stereocenters. The Morgan fingerprint density at radius 3 is 1.91 bits per heavy atom. The maximum Gasteiger partial charge on any atom is 0.160 e. The van der Waals surface area contributed by atoms with Crippen LogP contribution in [0, 0.1) is 18.7 Å². The van der Waals surface area contributed by atoms with Gasteiger partial charge in [-0.15, -0.1) is 0 Å². The van der Waals surface area contributed by atoms with E-state index in [-0.39, 0.29) is 11.6 Å². The Morgan fingerprint density at radius 2 is 1.37 bits per heavy atom. The van der Waals surface area contributed by atoms with E-state index >= 15 is 0 Å². The minimum absolute atomic E-state index is 0.0972. The minimum Gasteiger partial charge on any atom is -0.294 e. The standard InChI is InChI=1S/C15H14O.C10H12.C8H9F/c1-11-7-6-10-14(15(11)12(2)16)13-8-4-3-5-9-13;1-8-6-9-4-2-3-5-10(9)7-8;1-2-7-5-3-4-6-8(7)9/h3-10H,1-2H3;2-5,8H,6-7H2,1H3;3-6H,2H2,1H3. The van der Waals surface area contributed by atoms with Gasteiger partial charge in [-0.3, -0.25) is 4.79 Å². The van der Waals surface area contributed by atoms with Crippen molar-refractivity contribution >= 4 is 5.78 Å². The van der Waals surface area contributed by atoms with Gasteiger partial charge in [0.15, 0.2) is 5.78 Å². The molecule has 0 heterocycles. The van der Waals surface area contributed by atoms with E-state index in [1.54, 1.807) is 30.2 Å². The Bertz CT molecular complexity index is 1220. The van der Waals surface area contributed by atoms with E-state index in [4.69, 9.17) is 0 Å². The van der Waals surface area contributed by atoms with Gasteiger partial charge in [-0.05, 0) is 78.5 Å². The molecule has 4 aromatic carbocycles. The van der Waals surface area contributed by atoms with Crippen molar-refractivity contribution in [2.45, 2.75) is 47.0 Å². The van der Waals surface area contributed by atoms with Crippen LogP contribution in [-0.4, -0.2) is 5.78 Å². The summed E-state index contributed by atoms with van der Waals surface area (Å²) >= 11 is 0. The Morgan fingerprint density at radius 1 is 0.800 bits per heavy atom. The van der Waals surface area contributed by atoms with E-state index in [0.717, 1.165) is 40.2 Å². The summed E-state index contributed by atoms with van der Waals surface area (Å²) in [6.45, 7) is 7.86. The maximum absolute atomic E-state index is 12.6. The van der Waals surface area contributed by atoms with Gasteiger partial charge in [-0.25, -0.2) is 4.39 Å². The topological polar surface area (TPSA) is 17.1 Å². The van der Waals surface area contributed by atoms with Crippen molar-refractivity contribution in [3.05, 3.63) is 131 Å². The molecule has 1 aliphatic carbocycles. The first-order valence-corrected chi connectivity index (χ1v) is 12.4. The number of hydrogen-bond donors (Lipinski definition) is 0. The van der Waals surface area contributed by atoms with Crippen molar-refractivity contribution in [2.24, 2.45) is 5.92 Å². The van der Waals surface area contributed by atoms with Crippen LogP contribution in [0.25, 0.3) is 11.1 Å². The predicted octanol–water partition coefficient (Wildman–Crippen LogP) is 8.67. The highest BCUT2D eigenvalue weighted by atomic mass is 19.1. The number of carbonyl (C=O) groups is 1. The normalized spacial score (nSPS) is 12.0. The lowest BCUT2D eigenvalue weighted by atomic mass is 9.94. The van der Waals surface area contributed by atoms with Gasteiger partial charge < -0.3 is 0 Å². The number of ketones is 1. The van der Waals surface area contributed by atoms with Crippen molar-refractivity contribution < 1.29 is 9.18 Å². The lowest BCUT2D eigenvalue weighted by Gasteiger charge is -2.09. The highest BCUT2D eigenvalue weighted by Gasteiger charge is 2.15. The van der Waals surface area contributed by atoms with E-state index in [1.807, 2.05) is 68.4 Å². The molecule has 180 valence electrons.